The van der Waals surface area contributed by atoms with Crippen molar-refractivity contribution in [2.24, 2.45) is 0 Å². The first-order valence-corrected chi connectivity index (χ1v) is 12.3. The van der Waals surface area contributed by atoms with E-state index < -0.39 is 0 Å². The number of aryl methyl sites for hydroxylation is 4. The molecule has 2 aromatic heterocycles. The predicted molar refractivity (Wildman–Crippen MR) is 137 cm³/mol. The van der Waals surface area contributed by atoms with Gasteiger partial charge in [0.15, 0.2) is 5.82 Å². The van der Waals surface area contributed by atoms with E-state index in [9.17, 15) is 9.90 Å². The van der Waals surface area contributed by atoms with Gasteiger partial charge in [-0.25, -0.2) is 4.68 Å². The molecule has 1 atom stereocenters. The van der Waals surface area contributed by atoms with Gasteiger partial charge in [-0.15, -0.1) is 5.10 Å². The normalized spacial score (nSPS) is 12.5. The number of hydrogen-bond acceptors (Lipinski definition) is 6. The zero-order valence-electron chi connectivity index (χ0n) is 20.7. The Hall–Kier alpha value is -3.36. The van der Waals surface area contributed by atoms with Gasteiger partial charge in [0, 0.05) is 31.8 Å². The number of hydrogen-bond donors (Lipinski definition) is 2. The third-order valence-electron chi connectivity index (χ3n) is 6.75. The van der Waals surface area contributed by atoms with E-state index in [-0.39, 0.29) is 18.2 Å². The Morgan fingerprint density at radius 2 is 1.94 bits per heavy atom. The molecule has 0 amide bonds. The maximum Gasteiger partial charge on any atom is 0.252 e. The highest BCUT2D eigenvalue weighted by Crippen LogP contribution is 2.25. The number of tetrazole rings is 1. The number of aromatic nitrogens is 5. The Labute approximate surface area is 205 Å². The van der Waals surface area contributed by atoms with Crippen molar-refractivity contribution >= 4 is 10.9 Å². The van der Waals surface area contributed by atoms with Crippen LogP contribution in [-0.2, 0) is 19.5 Å². The first-order valence-electron chi connectivity index (χ1n) is 12.3. The summed E-state index contributed by atoms with van der Waals surface area (Å²) in [5, 5.41) is 23.2. The summed E-state index contributed by atoms with van der Waals surface area (Å²) in [7, 11) is 0. The van der Waals surface area contributed by atoms with Crippen LogP contribution in [0, 0.1) is 13.8 Å². The van der Waals surface area contributed by atoms with Crippen molar-refractivity contribution in [2.45, 2.75) is 59.2 Å². The molecule has 0 saturated carbocycles. The van der Waals surface area contributed by atoms with Crippen molar-refractivity contribution < 1.29 is 5.11 Å². The molecule has 0 aliphatic rings. The van der Waals surface area contributed by atoms with E-state index in [1.165, 1.54) is 5.56 Å². The van der Waals surface area contributed by atoms with Crippen LogP contribution >= 0.6 is 0 Å². The lowest BCUT2D eigenvalue weighted by atomic mass is 10.0. The summed E-state index contributed by atoms with van der Waals surface area (Å²) in [6, 6.07) is 16.3. The molecule has 2 N–H and O–H groups in total. The summed E-state index contributed by atoms with van der Waals surface area (Å²) < 4.78 is 1.86. The molecule has 35 heavy (non-hydrogen) atoms. The molecular weight excluding hydrogens is 440 g/mol. The number of fused-ring (bicyclic) bond motifs is 1. The lowest BCUT2D eigenvalue weighted by molar-refractivity contribution is 0.152. The molecule has 0 aliphatic heterocycles. The molecule has 0 spiro atoms. The second kappa shape index (κ2) is 11.4. The van der Waals surface area contributed by atoms with Gasteiger partial charge >= 0.3 is 0 Å². The highest BCUT2D eigenvalue weighted by atomic mass is 16.3. The molecule has 8 heteroatoms. The third kappa shape index (κ3) is 5.66. The molecule has 0 saturated heterocycles. The topological polar surface area (TPSA) is 99.9 Å². The van der Waals surface area contributed by atoms with E-state index in [0.29, 0.717) is 31.6 Å². The molecule has 0 radical (unpaired) electrons. The number of nitrogens with one attached hydrogen (secondary N) is 1. The van der Waals surface area contributed by atoms with Crippen molar-refractivity contribution in [2.75, 3.05) is 13.2 Å². The Bertz CT molecular complexity index is 1310. The fourth-order valence-corrected chi connectivity index (χ4v) is 4.62. The lowest BCUT2D eigenvalue weighted by Crippen LogP contribution is -2.34. The number of aromatic amines is 1. The van der Waals surface area contributed by atoms with Gasteiger partial charge in [-0.05, 0) is 71.7 Å². The Balaban J connectivity index is 1.62. The number of aliphatic hydroxyl groups is 1. The molecule has 2 heterocycles. The highest BCUT2D eigenvalue weighted by molar-refractivity contribution is 5.83. The zero-order chi connectivity index (χ0) is 24.8. The summed E-state index contributed by atoms with van der Waals surface area (Å²) in [5.74, 6) is 0.782. The van der Waals surface area contributed by atoms with E-state index >= 15 is 0 Å². The molecule has 0 bridgehead atoms. The van der Waals surface area contributed by atoms with Gasteiger partial charge in [0.2, 0.25) is 0 Å². The Morgan fingerprint density at radius 3 is 2.69 bits per heavy atom. The van der Waals surface area contributed by atoms with Gasteiger partial charge < -0.3 is 10.1 Å². The second-order valence-corrected chi connectivity index (χ2v) is 9.06. The van der Waals surface area contributed by atoms with Crippen LogP contribution in [0.1, 0.15) is 53.9 Å². The molecule has 2 aromatic carbocycles. The maximum absolute atomic E-state index is 13.1. The van der Waals surface area contributed by atoms with E-state index in [2.05, 4.69) is 56.6 Å². The molecule has 0 unspecified atom stereocenters. The van der Waals surface area contributed by atoms with Gasteiger partial charge in [-0.2, -0.15) is 0 Å². The van der Waals surface area contributed by atoms with Gasteiger partial charge in [-0.1, -0.05) is 49.4 Å². The van der Waals surface area contributed by atoms with E-state index in [0.717, 1.165) is 40.7 Å². The largest absolute Gasteiger partial charge is 0.396 e. The Kier molecular flexibility index (Phi) is 8.05. The summed E-state index contributed by atoms with van der Waals surface area (Å²) >= 11 is 0. The maximum atomic E-state index is 13.1. The molecule has 184 valence electrons. The summed E-state index contributed by atoms with van der Waals surface area (Å²) in [4.78, 5) is 18.4. The van der Waals surface area contributed by atoms with Crippen molar-refractivity contribution in [1.82, 2.24) is 30.1 Å². The van der Waals surface area contributed by atoms with Crippen molar-refractivity contribution in [1.29, 1.82) is 0 Å². The Morgan fingerprint density at radius 1 is 1.14 bits per heavy atom. The quantitative estimate of drug-likeness (QED) is 0.344. The highest BCUT2D eigenvalue weighted by Gasteiger charge is 2.25. The van der Waals surface area contributed by atoms with Crippen LogP contribution < -0.4 is 5.56 Å². The zero-order valence-corrected chi connectivity index (χ0v) is 20.7. The first kappa shape index (κ1) is 24.8. The predicted octanol–water partition coefficient (Wildman–Crippen LogP) is 3.71. The van der Waals surface area contributed by atoms with Crippen LogP contribution in [-0.4, -0.2) is 48.3 Å². The van der Waals surface area contributed by atoms with Gasteiger partial charge in [0.1, 0.15) is 0 Å². The average Bonchev–Trinajstić information content (AvgIpc) is 3.33. The number of aliphatic hydroxyl groups excluding tert-OH is 1. The third-order valence-corrected chi connectivity index (χ3v) is 6.75. The van der Waals surface area contributed by atoms with Crippen LogP contribution in [0.2, 0.25) is 0 Å². The minimum atomic E-state index is -0.0845. The van der Waals surface area contributed by atoms with Crippen molar-refractivity contribution in [3.63, 3.8) is 0 Å². The second-order valence-electron chi connectivity index (χ2n) is 9.06. The summed E-state index contributed by atoms with van der Waals surface area (Å²) in [6.07, 6.45) is 2.21. The minimum absolute atomic E-state index is 0.0813. The van der Waals surface area contributed by atoms with Gasteiger partial charge in [-0.3, -0.25) is 9.69 Å². The molecule has 0 aliphatic carbocycles. The molecule has 8 nitrogen and oxygen atoms in total. The standard InChI is InChI=1S/C27H34N6O2/c1-4-24(26-29-30-31-33(26)15-13-21-9-6-5-7-10-21)32(14-8-16-34)18-23-17-22-12-11-19(2)20(3)25(22)28-27(23)35/h5-7,9-12,17,24,34H,4,8,13-16,18H2,1-3H3,(H,28,35)/t24-/m0/s1. The molecule has 0 fully saturated rings. The van der Waals surface area contributed by atoms with E-state index in [4.69, 9.17) is 0 Å². The smallest absolute Gasteiger partial charge is 0.252 e. The number of pyridine rings is 1. The van der Waals surface area contributed by atoms with Crippen molar-refractivity contribution in [3.8, 4) is 0 Å². The fraction of sp³-hybridized carbons (Fsp3) is 0.407. The molecule has 4 rings (SSSR count). The fourth-order valence-electron chi connectivity index (χ4n) is 4.62. The average molecular weight is 475 g/mol. The number of rotatable bonds is 11. The summed E-state index contributed by atoms with van der Waals surface area (Å²) in [6.45, 7) is 8.01. The SMILES string of the molecule is CC[C@@H](c1nnnn1CCc1ccccc1)N(CCCO)Cc1cc2ccc(C)c(C)c2[nH]c1=O. The monoisotopic (exact) mass is 474 g/mol. The number of benzene rings is 2. The van der Waals surface area contributed by atoms with Crippen LogP contribution in [0.4, 0.5) is 0 Å². The summed E-state index contributed by atoms with van der Waals surface area (Å²) in [5.41, 5.74) is 4.97. The van der Waals surface area contributed by atoms with Crippen LogP contribution in [0.5, 0.6) is 0 Å². The van der Waals surface area contributed by atoms with Gasteiger partial charge in [0.25, 0.3) is 5.56 Å². The molecule has 4 aromatic rings. The van der Waals surface area contributed by atoms with Gasteiger partial charge in [0.05, 0.1) is 11.6 Å². The number of H-pyrrole nitrogens is 1. The van der Waals surface area contributed by atoms with E-state index in [1.54, 1.807) is 0 Å². The van der Waals surface area contributed by atoms with Crippen LogP contribution in [0.25, 0.3) is 10.9 Å². The minimum Gasteiger partial charge on any atom is -0.396 e. The number of nitrogens with zero attached hydrogens (tertiary/aromatic N) is 5. The lowest BCUT2D eigenvalue weighted by Gasteiger charge is -2.30. The first-order chi connectivity index (χ1) is 17.0. The molecular formula is C27H34N6O2. The van der Waals surface area contributed by atoms with E-state index in [1.807, 2.05) is 42.8 Å². The van der Waals surface area contributed by atoms with Crippen molar-refractivity contribution in [3.05, 3.63) is 87.0 Å². The van der Waals surface area contributed by atoms with Crippen LogP contribution in [0.15, 0.2) is 53.3 Å². The van der Waals surface area contributed by atoms with Crippen LogP contribution in [0.3, 0.4) is 0 Å².